The van der Waals surface area contributed by atoms with E-state index in [1.807, 2.05) is 0 Å². The smallest absolute Gasteiger partial charge is 0.288 e. The summed E-state index contributed by atoms with van der Waals surface area (Å²) in [4.78, 5) is 22.1. The van der Waals surface area contributed by atoms with Gasteiger partial charge >= 0.3 is 0 Å². The summed E-state index contributed by atoms with van der Waals surface area (Å²) in [5, 5.41) is 13.4. The van der Waals surface area contributed by atoms with Gasteiger partial charge in [-0.15, -0.1) is 0 Å². The number of carbonyl (C=O) groups excluding carboxylic acids is 1. The Labute approximate surface area is 145 Å². The number of nitrogens with zero attached hydrogens (tertiary/aromatic N) is 1. The van der Waals surface area contributed by atoms with Crippen molar-refractivity contribution in [1.29, 1.82) is 0 Å². The highest BCUT2D eigenvalue weighted by atomic mass is 79.9. The van der Waals surface area contributed by atoms with Crippen molar-refractivity contribution < 1.29 is 14.5 Å². The van der Waals surface area contributed by atoms with E-state index in [0.29, 0.717) is 17.0 Å². The van der Waals surface area contributed by atoms with Crippen molar-refractivity contribution >= 4 is 44.8 Å². The largest absolute Gasteiger partial charge is 0.484 e. The Morgan fingerprint density at radius 1 is 1.35 bits per heavy atom. The molecule has 0 unspecified atom stereocenters. The van der Waals surface area contributed by atoms with Crippen molar-refractivity contribution in [3.63, 3.8) is 0 Å². The highest BCUT2D eigenvalue weighted by molar-refractivity contribution is 9.10. The quantitative estimate of drug-likeness (QED) is 0.599. The fourth-order valence-electron chi connectivity index (χ4n) is 1.81. The average Bonchev–Trinajstić information content (AvgIpc) is 2.49. The molecule has 2 rings (SSSR count). The fraction of sp³-hybridized carbons (Fsp3) is 0.133. The van der Waals surface area contributed by atoms with Crippen LogP contribution < -0.4 is 10.1 Å². The van der Waals surface area contributed by atoms with Crippen LogP contribution in [0.2, 0.25) is 5.02 Å². The molecule has 2 aromatic rings. The third-order valence-electron chi connectivity index (χ3n) is 2.95. The topological polar surface area (TPSA) is 81.5 Å². The maximum atomic E-state index is 11.9. The number of aryl methyl sites for hydroxylation is 1. The number of rotatable bonds is 5. The zero-order valence-electron chi connectivity index (χ0n) is 12.0. The van der Waals surface area contributed by atoms with Gasteiger partial charge in [0, 0.05) is 16.2 Å². The van der Waals surface area contributed by atoms with E-state index < -0.39 is 4.92 Å². The number of carbonyl (C=O) groups is 1. The first-order chi connectivity index (χ1) is 10.9. The summed E-state index contributed by atoms with van der Waals surface area (Å²) in [6, 6.07) is 9.72. The number of hydrogen-bond donors (Lipinski definition) is 1. The second-order valence-corrected chi connectivity index (χ2v) is 5.99. The molecule has 0 heterocycles. The second-order valence-electron chi connectivity index (χ2n) is 4.67. The van der Waals surface area contributed by atoms with E-state index in [9.17, 15) is 14.9 Å². The van der Waals surface area contributed by atoms with Crippen molar-refractivity contribution in [2.45, 2.75) is 6.92 Å². The lowest BCUT2D eigenvalue weighted by molar-refractivity contribution is -0.384. The minimum Gasteiger partial charge on any atom is -0.484 e. The summed E-state index contributed by atoms with van der Waals surface area (Å²) in [5.41, 5.74) is 0.747. The predicted molar refractivity (Wildman–Crippen MR) is 91.1 cm³/mol. The standard InChI is InChI=1S/C15H12BrClN2O4/c1-9-6-14(19(21)22)12(17)7-13(9)18-15(20)8-23-11-4-2-10(16)3-5-11/h2-7H,8H2,1H3,(H,18,20). The normalized spacial score (nSPS) is 10.2. The number of halogens is 2. The van der Waals surface area contributed by atoms with Crippen LogP contribution in [0.15, 0.2) is 40.9 Å². The maximum Gasteiger partial charge on any atom is 0.288 e. The van der Waals surface area contributed by atoms with Crippen LogP contribution in [0.25, 0.3) is 0 Å². The van der Waals surface area contributed by atoms with Gasteiger partial charge in [0.25, 0.3) is 11.6 Å². The summed E-state index contributed by atoms with van der Waals surface area (Å²) in [5.74, 6) is 0.169. The zero-order valence-corrected chi connectivity index (χ0v) is 14.3. The van der Waals surface area contributed by atoms with Gasteiger partial charge < -0.3 is 10.1 Å². The van der Waals surface area contributed by atoms with E-state index in [4.69, 9.17) is 16.3 Å². The lowest BCUT2D eigenvalue weighted by Crippen LogP contribution is -2.20. The Bertz CT molecular complexity index is 750. The number of ether oxygens (including phenoxy) is 1. The van der Waals surface area contributed by atoms with Crippen molar-refractivity contribution in [3.8, 4) is 5.75 Å². The number of hydrogen-bond acceptors (Lipinski definition) is 4. The lowest BCUT2D eigenvalue weighted by atomic mass is 10.2. The molecule has 0 aromatic heterocycles. The molecule has 0 aliphatic carbocycles. The molecule has 120 valence electrons. The molecule has 1 amide bonds. The van der Waals surface area contributed by atoms with Crippen molar-refractivity contribution in [1.82, 2.24) is 0 Å². The number of amides is 1. The van der Waals surface area contributed by atoms with E-state index >= 15 is 0 Å². The number of anilines is 1. The van der Waals surface area contributed by atoms with Crippen LogP contribution in [0.5, 0.6) is 5.75 Å². The molecule has 0 radical (unpaired) electrons. The Balaban J connectivity index is 2.01. The first-order valence-corrected chi connectivity index (χ1v) is 7.66. The first kappa shape index (κ1) is 17.2. The first-order valence-electron chi connectivity index (χ1n) is 6.49. The predicted octanol–water partition coefficient (Wildman–Crippen LogP) is 4.34. The number of nitro benzene ring substituents is 1. The van der Waals surface area contributed by atoms with E-state index in [-0.39, 0.29) is 23.2 Å². The molecule has 0 aliphatic heterocycles. The van der Waals surface area contributed by atoms with Crippen LogP contribution >= 0.6 is 27.5 Å². The molecule has 0 fully saturated rings. The van der Waals surface area contributed by atoms with E-state index in [1.165, 1.54) is 12.1 Å². The van der Waals surface area contributed by atoms with Gasteiger partial charge in [-0.05, 0) is 42.8 Å². The van der Waals surface area contributed by atoms with Gasteiger partial charge in [-0.3, -0.25) is 14.9 Å². The Hall–Kier alpha value is -2.12. The molecule has 0 saturated heterocycles. The third kappa shape index (κ3) is 4.67. The maximum absolute atomic E-state index is 11.9. The van der Waals surface area contributed by atoms with Gasteiger partial charge in [0.15, 0.2) is 6.61 Å². The van der Waals surface area contributed by atoms with Crippen LogP contribution in [0.1, 0.15) is 5.56 Å². The summed E-state index contributed by atoms with van der Waals surface area (Å²) in [6.07, 6.45) is 0. The molecule has 8 heteroatoms. The minimum atomic E-state index is -0.572. The van der Waals surface area contributed by atoms with Crippen LogP contribution in [-0.2, 0) is 4.79 Å². The van der Waals surface area contributed by atoms with Gasteiger partial charge in [-0.1, -0.05) is 27.5 Å². The second kappa shape index (κ2) is 7.43. The molecule has 0 aliphatic rings. The lowest BCUT2D eigenvalue weighted by Gasteiger charge is -2.10. The summed E-state index contributed by atoms with van der Waals surface area (Å²) in [6.45, 7) is 1.46. The molecule has 0 spiro atoms. The Morgan fingerprint density at radius 2 is 2.00 bits per heavy atom. The Morgan fingerprint density at radius 3 is 2.61 bits per heavy atom. The zero-order chi connectivity index (χ0) is 17.0. The van der Waals surface area contributed by atoms with Crippen molar-refractivity contribution in [3.05, 3.63) is 61.6 Å². The van der Waals surface area contributed by atoms with Crippen LogP contribution in [0.3, 0.4) is 0 Å². The molecule has 2 aromatic carbocycles. The highest BCUT2D eigenvalue weighted by Gasteiger charge is 2.16. The fourth-order valence-corrected chi connectivity index (χ4v) is 2.30. The van der Waals surface area contributed by atoms with E-state index in [1.54, 1.807) is 31.2 Å². The van der Waals surface area contributed by atoms with E-state index in [2.05, 4.69) is 21.2 Å². The van der Waals surface area contributed by atoms with Gasteiger partial charge in [-0.2, -0.15) is 0 Å². The van der Waals surface area contributed by atoms with Gasteiger partial charge in [0.2, 0.25) is 0 Å². The number of benzene rings is 2. The van der Waals surface area contributed by atoms with E-state index in [0.717, 1.165) is 4.47 Å². The van der Waals surface area contributed by atoms with Crippen LogP contribution in [0.4, 0.5) is 11.4 Å². The average molecular weight is 400 g/mol. The Kier molecular flexibility index (Phi) is 5.57. The van der Waals surface area contributed by atoms with Gasteiger partial charge in [-0.25, -0.2) is 0 Å². The monoisotopic (exact) mass is 398 g/mol. The van der Waals surface area contributed by atoms with Crippen LogP contribution in [0, 0.1) is 17.0 Å². The molecule has 23 heavy (non-hydrogen) atoms. The summed E-state index contributed by atoms with van der Waals surface area (Å²) < 4.78 is 6.26. The van der Waals surface area contributed by atoms with Crippen LogP contribution in [-0.4, -0.2) is 17.4 Å². The molecular weight excluding hydrogens is 388 g/mol. The van der Waals surface area contributed by atoms with Crippen molar-refractivity contribution in [2.75, 3.05) is 11.9 Å². The summed E-state index contributed by atoms with van der Waals surface area (Å²) in [7, 11) is 0. The molecule has 6 nitrogen and oxygen atoms in total. The van der Waals surface area contributed by atoms with Gasteiger partial charge in [0.05, 0.1) is 4.92 Å². The van der Waals surface area contributed by atoms with Crippen molar-refractivity contribution in [2.24, 2.45) is 0 Å². The highest BCUT2D eigenvalue weighted by Crippen LogP contribution is 2.30. The molecule has 0 atom stereocenters. The number of nitrogens with one attached hydrogen (secondary N) is 1. The SMILES string of the molecule is Cc1cc([N+](=O)[O-])c(Cl)cc1NC(=O)COc1ccc(Br)cc1. The third-order valence-corrected chi connectivity index (χ3v) is 3.78. The summed E-state index contributed by atoms with van der Waals surface area (Å²) >= 11 is 9.14. The molecular formula is C15H12BrClN2O4. The molecule has 1 N–H and O–H groups in total. The minimum absolute atomic E-state index is 0.0373. The number of nitro groups is 1. The molecule has 0 bridgehead atoms. The molecule has 0 saturated carbocycles. The van der Waals surface area contributed by atoms with Gasteiger partial charge in [0.1, 0.15) is 10.8 Å².